The topological polar surface area (TPSA) is 107 Å². The lowest BCUT2D eigenvalue weighted by Gasteiger charge is -2.44. The van der Waals surface area contributed by atoms with E-state index in [-0.39, 0.29) is 12.4 Å². The van der Waals surface area contributed by atoms with E-state index in [9.17, 15) is 10.2 Å². The highest BCUT2D eigenvalue weighted by Gasteiger charge is 2.33. The van der Waals surface area contributed by atoms with Crippen molar-refractivity contribution in [1.29, 1.82) is 0 Å². The number of benzene rings is 1. The maximum absolute atomic E-state index is 10.0. The van der Waals surface area contributed by atoms with Crippen molar-refractivity contribution in [3.8, 4) is 17.1 Å². The van der Waals surface area contributed by atoms with E-state index in [1.54, 1.807) is 25.3 Å². The van der Waals surface area contributed by atoms with Crippen molar-refractivity contribution in [1.82, 2.24) is 24.8 Å². The molecule has 3 aromatic rings. The lowest BCUT2D eigenvalue weighted by molar-refractivity contribution is -0.160. The molecule has 1 aromatic carbocycles. The van der Waals surface area contributed by atoms with Crippen LogP contribution < -0.4 is 4.90 Å². The second-order valence-electron chi connectivity index (χ2n) is 9.53. The van der Waals surface area contributed by atoms with Crippen LogP contribution in [0.2, 0.25) is 0 Å². The molecule has 0 amide bonds. The summed E-state index contributed by atoms with van der Waals surface area (Å²) >= 11 is 0. The molecule has 4 heterocycles. The number of rotatable bonds is 7. The third kappa shape index (κ3) is 5.14. The van der Waals surface area contributed by atoms with Crippen LogP contribution in [-0.4, -0.2) is 107 Å². The minimum absolute atomic E-state index is 0.0369. The Morgan fingerprint density at radius 1 is 1.06 bits per heavy atom. The number of hydrogen-bond donors (Lipinski definition) is 2. The van der Waals surface area contributed by atoms with Gasteiger partial charge in [-0.3, -0.25) is 14.8 Å². The summed E-state index contributed by atoms with van der Waals surface area (Å²) in [6.07, 6.45) is 1.92. The molecule has 192 valence electrons. The summed E-state index contributed by atoms with van der Waals surface area (Å²) in [4.78, 5) is 21.3. The number of phenolic OH excluding ortho intramolecular Hbond substituents is 1. The van der Waals surface area contributed by atoms with Gasteiger partial charge in [0.15, 0.2) is 11.6 Å². The van der Waals surface area contributed by atoms with E-state index in [2.05, 4.69) is 20.8 Å². The van der Waals surface area contributed by atoms with Crippen LogP contribution in [0.5, 0.6) is 5.75 Å². The molecule has 2 saturated heterocycles. The van der Waals surface area contributed by atoms with Crippen LogP contribution in [0.25, 0.3) is 22.4 Å². The number of aromatic nitrogens is 3. The van der Waals surface area contributed by atoms with Crippen molar-refractivity contribution in [2.24, 2.45) is 0 Å². The van der Waals surface area contributed by atoms with Gasteiger partial charge in [-0.05, 0) is 30.7 Å². The smallest absolute Gasteiger partial charge is 0.162 e. The van der Waals surface area contributed by atoms with Crippen molar-refractivity contribution in [2.75, 3.05) is 71.1 Å². The summed E-state index contributed by atoms with van der Waals surface area (Å²) in [5, 5.41) is 19.8. The molecule has 36 heavy (non-hydrogen) atoms. The number of aliphatic hydroxyl groups is 1. The normalized spacial score (nSPS) is 19.5. The Balaban J connectivity index is 1.42. The number of ether oxygens (including phenoxy) is 2. The first-order valence-corrected chi connectivity index (χ1v) is 12.4. The van der Waals surface area contributed by atoms with Crippen LogP contribution in [0.1, 0.15) is 12.5 Å². The summed E-state index contributed by atoms with van der Waals surface area (Å²) in [5.41, 5.74) is 2.76. The van der Waals surface area contributed by atoms with Gasteiger partial charge in [0.2, 0.25) is 0 Å². The molecule has 2 aliphatic rings. The van der Waals surface area contributed by atoms with E-state index in [1.165, 1.54) is 0 Å². The molecule has 10 heteroatoms. The Hall–Kier alpha value is -2.89. The molecule has 0 radical (unpaired) electrons. The molecule has 0 unspecified atom stereocenters. The quantitative estimate of drug-likeness (QED) is 0.504. The first-order valence-electron chi connectivity index (χ1n) is 12.4. The number of pyridine rings is 1. The van der Waals surface area contributed by atoms with Gasteiger partial charge in [0, 0.05) is 64.7 Å². The Bertz CT molecular complexity index is 1190. The summed E-state index contributed by atoms with van der Waals surface area (Å²) in [6, 6.07) is 9.12. The largest absolute Gasteiger partial charge is 0.508 e. The molecule has 0 bridgehead atoms. The predicted molar refractivity (Wildman–Crippen MR) is 137 cm³/mol. The van der Waals surface area contributed by atoms with Crippen molar-refractivity contribution in [3.63, 3.8) is 0 Å². The molecule has 10 nitrogen and oxygen atoms in total. The van der Waals surface area contributed by atoms with Gasteiger partial charge in [-0.25, -0.2) is 9.97 Å². The number of phenols is 1. The Labute approximate surface area is 211 Å². The fraction of sp³-hybridized carbons (Fsp3) is 0.500. The van der Waals surface area contributed by atoms with Gasteiger partial charge in [-0.2, -0.15) is 0 Å². The maximum atomic E-state index is 10.0. The number of fused-ring (bicyclic) bond motifs is 1. The lowest BCUT2D eigenvalue weighted by Crippen LogP contribution is -2.58. The highest BCUT2D eigenvalue weighted by molar-refractivity contribution is 5.88. The van der Waals surface area contributed by atoms with Crippen LogP contribution in [0.4, 0.5) is 5.82 Å². The molecule has 2 N–H and O–H groups in total. The van der Waals surface area contributed by atoms with Crippen LogP contribution in [0, 0.1) is 0 Å². The number of anilines is 1. The number of aromatic hydroxyl groups is 1. The Morgan fingerprint density at radius 3 is 2.53 bits per heavy atom. The van der Waals surface area contributed by atoms with E-state index in [4.69, 9.17) is 24.4 Å². The molecule has 0 spiro atoms. The third-order valence-electron chi connectivity index (χ3n) is 7.17. The van der Waals surface area contributed by atoms with Gasteiger partial charge >= 0.3 is 0 Å². The van der Waals surface area contributed by atoms with E-state index < -0.39 is 5.72 Å². The van der Waals surface area contributed by atoms with E-state index in [0.717, 1.165) is 73.8 Å². The molecule has 5 rings (SSSR count). The molecule has 2 aliphatic heterocycles. The average molecular weight is 495 g/mol. The SMILES string of the molecule is CO[C@@](C)(CO)N1CCN(Cc2cnc3c(N4CCOCC4)nc(-c4cccc(O)c4)nc3c2)CC1. The fourth-order valence-corrected chi connectivity index (χ4v) is 4.83. The Morgan fingerprint density at radius 2 is 1.83 bits per heavy atom. The Kier molecular flexibility index (Phi) is 7.31. The minimum atomic E-state index is -0.647. The fourth-order valence-electron chi connectivity index (χ4n) is 4.83. The third-order valence-corrected chi connectivity index (χ3v) is 7.17. The van der Waals surface area contributed by atoms with Crippen molar-refractivity contribution in [3.05, 3.63) is 42.1 Å². The van der Waals surface area contributed by atoms with Crippen LogP contribution in [0.3, 0.4) is 0 Å². The second kappa shape index (κ2) is 10.6. The zero-order valence-electron chi connectivity index (χ0n) is 20.9. The zero-order chi connectivity index (χ0) is 25.1. The summed E-state index contributed by atoms with van der Waals surface area (Å²) in [6.45, 7) is 8.80. The lowest BCUT2D eigenvalue weighted by atomic mass is 10.1. The summed E-state index contributed by atoms with van der Waals surface area (Å²) in [5.74, 6) is 1.54. The molecule has 1 atom stereocenters. The predicted octanol–water partition coefficient (Wildman–Crippen LogP) is 1.71. The van der Waals surface area contributed by atoms with Gasteiger partial charge < -0.3 is 24.6 Å². The zero-order valence-corrected chi connectivity index (χ0v) is 20.9. The first-order chi connectivity index (χ1) is 17.5. The standard InChI is InChI=1S/C26H34N6O4/c1-26(18-33,35-2)32-8-6-30(7-9-32)17-19-14-22-23(27-16-19)25(31-10-12-36-13-11-31)29-24(28-22)20-4-3-5-21(34)15-20/h3-5,14-16,33-34H,6-13,17-18H2,1-2H3/t26-/m0/s1. The summed E-state index contributed by atoms with van der Waals surface area (Å²) in [7, 11) is 1.64. The van der Waals surface area contributed by atoms with Gasteiger partial charge in [0.05, 0.1) is 25.3 Å². The van der Waals surface area contributed by atoms with Gasteiger partial charge in [0.1, 0.15) is 17.0 Å². The minimum Gasteiger partial charge on any atom is -0.508 e. The average Bonchev–Trinajstić information content (AvgIpc) is 2.92. The molecule has 2 aromatic heterocycles. The molecular weight excluding hydrogens is 460 g/mol. The second-order valence-corrected chi connectivity index (χ2v) is 9.53. The summed E-state index contributed by atoms with van der Waals surface area (Å²) < 4.78 is 11.1. The van der Waals surface area contributed by atoms with E-state index in [1.807, 2.05) is 19.2 Å². The highest BCUT2D eigenvalue weighted by atomic mass is 16.5. The van der Waals surface area contributed by atoms with Crippen LogP contribution in [-0.2, 0) is 16.0 Å². The first kappa shape index (κ1) is 24.8. The molecule has 0 saturated carbocycles. The van der Waals surface area contributed by atoms with Gasteiger partial charge in [-0.1, -0.05) is 12.1 Å². The van der Waals surface area contributed by atoms with Gasteiger partial charge in [0.25, 0.3) is 0 Å². The number of morpholine rings is 1. The number of nitrogens with zero attached hydrogens (tertiary/aromatic N) is 6. The highest BCUT2D eigenvalue weighted by Crippen LogP contribution is 2.29. The number of piperazine rings is 1. The van der Waals surface area contributed by atoms with E-state index in [0.29, 0.717) is 19.0 Å². The van der Waals surface area contributed by atoms with Crippen LogP contribution >= 0.6 is 0 Å². The maximum Gasteiger partial charge on any atom is 0.162 e. The van der Waals surface area contributed by atoms with E-state index >= 15 is 0 Å². The molecule has 2 fully saturated rings. The molecular formula is C26H34N6O4. The molecule has 0 aliphatic carbocycles. The number of aliphatic hydroxyl groups excluding tert-OH is 1. The number of methoxy groups -OCH3 is 1. The van der Waals surface area contributed by atoms with Crippen LogP contribution in [0.15, 0.2) is 36.5 Å². The van der Waals surface area contributed by atoms with Crippen molar-refractivity contribution in [2.45, 2.75) is 19.2 Å². The van der Waals surface area contributed by atoms with Gasteiger partial charge in [-0.15, -0.1) is 0 Å². The van der Waals surface area contributed by atoms with Crippen molar-refractivity contribution >= 4 is 16.9 Å². The monoisotopic (exact) mass is 494 g/mol. The number of hydrogen-bond acceptors (Lipinski definition) is 10. The van der Waals surface area contributed by atoms with Crippen molar-refractivity contribution < 1.29 is 19.7 Å².